The predicted molar refractivity (Wildman–Crippen MR) is 85.4 cm³/mol. The molecule has 0 bridgehead atoms. The molecule has 0 spiro atoms. The van der Waals surface area contributed by atoms with Gasteiger partial charge in [0.1, 0.15) is 6.54 Å². The molecule has 0 unspecified atom stereocenters. The zero-order valence-electron chi connectivity index (χ0n) is 12.0. The minimum absolute atomic E-state index is 0.268. The van der Waals surface area contributed by atoms with Crippen LogP contribution in [0.1, 0.15) is 19.4 Å². The van der Waals surface area contributed by atoms with Crippen molar-refractivity contribution in [2.75, 3.05) is 6.54 Å². The van der Waals surface area contributed by atoms with Crippen molar-refractivity contribution in [1.29, 1.82) is 0 Å². The van der Waals surface area contributed by atoms with Crippen LogP contribution in [-0.4, -0.2) is 34.7 Å². The van der Waals surface area contributed by atoms with E-state index in [4.69, 9.17) is 16.3 Å². The van der Waals surface area contributed by atoms with Gasteiger partial charge < -0.3 is 4.74 Å². The van der Waals surface area contributed by atoms with Crippen molar-refractivity contribution in [2.45, 2.75) is 20.0 Å². The summed E-state index contributed by atoms with van der Waals surface area (Å²) < 4.78 is 4.95. The van der Waals surface area contributed by atoms with Crippen LogP contribution in [0.3, 0.4) is 0 Å². The van der Waals surface area contributed by atoms with Gasteiger partial charge in [-0.2, -0.15) is 0 Å². The molecule has 1 aromatic carbocycles. The van der Waals surface area contributed by atoms with Crippen LogP contribution in [-0.2, 0) is 14.3 Å². The number of carbonyl (C=O) groups excluding carboxylic acids is 3. The topological polar surface area (TPSA) is 63.7 Å². The van der Waals surface area contributed by atoms with Crippen LogP contribution in [0, 0.1) is 0 Å². The number of nitrogens with zero attached hydrogens (tertiary/aromatic N) is 1. The predicted octanol–water partition coefficient (Wildman–Crippen LogP) is 3.33. The molecule has 22 heavy (non-hydrogen) atoms. The summed E-state index contributed by atoms with van der Waals surface area (Å²) in [5, 5.41) is 0.104. The van der Waals surface area contributed by atoms with Crippen LogP contribution in [0.2, 0.25) is 5.02 Å². The Hall–Kier alpha value is -1.79. The molecule has 0 atom stereocenters. The summed E-state index contributed by atoms with van der Waals surface area (Å²) in [5.41, 5.74) is 0.750. The number of rotatable bonds is 4. The lowest BCUT2D eigenvalue weighted by atomic mass is 10.2. The second-order valence-electron chi connectivity index (χ2n) is 4.86. The molecule has 0 aliphatic carbocycles. The number of carbonyl (C=O) groups is 3. The lowest BCUT2D eigenvalue weighted by Crippen LogP contribution is -2.35. The average Bonchev–Trinajstić information content (AvgIpc) is 2.68. The van der Waals surface area contributed by atoms with Crippen molar-refractivity contribution in [2.24, 2.45) is 0 Å². The van der Waals surface area contributed by atoms with Crippen molar-refractivity contribution < 1.29 is 19.1 Å². The van der Waals surface area contributed by atoms with Gasteiger partial charge in [-0.1, -0.05) is 23.7 Å². The standard InChI is InChI=1S/C15H14ClNO4S/c1-9(2)21-13(18)8-17-14(19)12(22-15(17)20)7-10-3-5-11(16)6-4-10/h3-7,9H,8H2,1-2H3/b12-7-. The molecule has 1 fully saturated rings. The van der Waals surface area contributed by atoms with Crippen LogP contribution in [0.25, 0.3) is 6.08 Å². The van der Waals surface area contributed by atoms with Gasteiger partial charge in [0.15, 0.2) is 0 Å². The van der Waals surface area contributed by atoms with Gasteiger partial charge in [-0.3, -0.25) is 19.3 Å². The van der Waals surface area contributed by atoms with Crippen LogP contribution in [0.15, 0.2) is 29.2 Å². The van der Waals surface area contributed by atoms with Gasteiger partial charge in [-0.05, 0) is 49.4 Å². The summed E-state index contributed by atoms with van der Waals surface area (Å²) in [4.78, 5) is 36.8. The van der Waals surface area contributed by atoms with Crippen molar-refractivity contribution >= 4 is 46.6 Å². The maximum absolute atomic E-state index is 12.2. The van der Waals surface area contributed by atoms with E-state index < -0.39 is 17.1 Å². The monoisotopic (exact) mass is 339 g/mol. The summed E-state index contributed by atoms with van der Waals surface area (Å²) in [6.45, 7) is 3.03. The molecule has 0 N–H and O–H groups in total. The molecule has 0 saturated carbocycles. The first kappa shape index (κ1) is 16.6. The molecule has 0 radical (unpaired) electrons. The summed E-state index contributed by atoms with van der Waals surface area (Å²) >= 11 is 6.59. The third-order valence-corrected chi connectivity index (χ3v) is 3.86. The fraction of sp³-hybridized carbons (Fsp3) is 0.267. The first-order valence-electron chi connectivity index (χ1n) is 6.57. The van der Waals surface area contributed by atoms with Crippen LogP contribution >= 0.6 is 23.4 Å². The fourth-order valence-electron chi connectivity index (χ4n) is 1.78. The molecule has 7 heteroatoms. The lowest BCUT2D eigenvalue weighted by molar-refractivity contribution is -0.149. The van der Waals surface area contributed by atoms with Crippen molar-refractivity contribution in [3.63, 3.8) is 0 Å². The maximum Gasteiger partial charge on any atom is 0.326 e. The van der Waals surface area contributed by atoms with E-state index in [0.29, 0.717) is 5.02 Å². The Morgan fingerprint density at radius 2 is 1.95 bits per heavy atom. The third kappa shape index (κ3) is 4.11. The molecule has 1 aromatic rings. The number of thioether (sulfide) groups is 1. The molecule has 2 rings (SSSR count). The Bertz CT molecular complexity index is 639. The SMILES string of the molecule is CC(C)OC(=O)CN1C(=O)S/C(=C\c2ccc(Cl)cc2)C1=O. The van der Waals surface area contributed by atoms with Gasteiger partial charge in [0.2, 0.25) is 0 Å². The lowest BCUT2D eigenvalue weighted by Gasteiger charge is -2.13. The molecule has 116 valence electrons. The highest BCUT2D eigenvalue weighted by Crippen LogP contribution is 2.32. The Morgan fingerprint density at radius 1 is 1.32 bits per heavy atom. The zero-order valence-corrected chi connectivity index (χ0v) is 13.6. The molecule has 2 amide bonds. The molecule has 1 aliphatic rings. The van der Waals surface area contributed by atoms with E-state index >= 15 is 0 Å². The van der Waals surface area contributed by atoms with E-state index in [1.165, 1.54) is 0 Å². The quantitative estimate of drug-likeness (QED) is 0.622. The third-order valence-electron chi connectivity index (χ3n) is 2.70. The van der Waals surface area contributed by atoms with Gasteiger partial charge in [-0.15, -0.1) is 0 Å². The Balaban J connectivity index is 2.11. The number of amides is 2. The second-order valence-corrected chi connectivity index (χ2v) is 6.29. The highest BCUT2D eigenvalue weighted by molar-refractivity contribution is 8.18. The smallest absolute Gasteiger partial charge is 0.326 e. The Labute approximate surface area is 137 Å². The zero-order chi connectivity index (χ0) is 16.3. The highest BCUT2D eigenvalue weighted by Gasteiger charge is 2.36. The Kier molecular flexibility index (Phi) is 5.26. The number of hydrogen-bond donors (Lipinski definition) is 0. The van der Waals surface area contributed by atoms with Crippen LogP contribution in [0.5, 0.6) is 0 Å². The first-order chi connectivity index (χ1) is 10.4. The van der Waals surface area contributed by atoms with Gasteiger partial charge in [0.25, 0.3) is 11.1 Å². The van der Waals surface area contributed by atoms with Gasteiger partial charge in [-0.25, -0.2) is 0 Å². The minimum Gasteiger partial charge on any atom is -0.462 e. The second kappa shape index (κ2) is 6.98. The molecule has 1 aliphatic heterocycles. The summed E-state index contributed by atoms with van der Waals surface area (Å²) in [6.07, 6.45) is 1.30. The number of imide groups is 1. The van der Waals surface area contributed by atoms with E-state index in [1.54, 1.807) is 44.2 Å². The number of esters is 1. The summed E-state index contributed by atoms with van der Waals surface area (Å²) in [5.74, 6) is -1.10. The van der Waals surface area contributed by atoms with E-state index in [-0.39, 0.29) is 17.6 Å². The summed E-state index contributed by atoms with van der Waals surface area (Å²) in [6, 6.07) is 6.86. The van der Waals surface area contributed by atoms with E-state index in [1.807, 2.05) is 0 Å². The van der Waals surface area contributed by atoms with E-state index in [9.17, 15) is 14.4 Å². The van der Waals surface area contributed by atoms with Crippen molar-refractivity contribution in [3.8, 4) is 0 Å². The highest BCUT2D eigenvalue weighted by atomic mass is 35.5. The molecule has 1 heterocycles. The molecule has 1 saturated heterocycles. The van der Waals surface area contributed by atoms with E-state index in [2.05, 4.69) is 0 Å². The normalized spacial score (nSPS) is 16.7. The Morgan fingerprint density at radius 3 is 2.55 bits per heavy atom. The van der Waals surface area contributed by atoms with E-state index in [0.717, 1.165) is 22.2 Å². The number of ether oxygens (including phenoxy) is 1. The molecular formula is C15H14ClNO4S. The maximum atomic E-state index is 12.2. The number of hydrogen-bond acceptors (Lipinski definition) is 5. The number of benzene rings is 1. The largest absolute Gasteiger partial charge is 0.462 e. The van der Waals surface area contributed by atoms with Gasteiger partial charge >= 0.3 is 5.97 Å². The number of halogens is 1. The van der Waals surface area contributed by atoms with Gasteiger partial charge in [0, 0.05) is 5.02 Å². The minimum atomic E-state index is -0.606. The molecule has 0 aromatic heterocycles. The van der Waals surface area contributed by atoms with Crippen LogP contribution in [0.4, 0.5) is 4.79 Å². The molecular weight excluding hydrogens is 326 g/mol. The van der Waals surface area contributed by atoms with Gasteiger partial charge in [0.05, 0.1) is 11.0 Å². The van der Waals surface area contributed by atoms with Crippen molar-refractivity contribution in [1.82, 2.24) is 4.90 Å². The molecule has 5 nitrogen and oxygen atoms in total. The fourth-order valence-corrected chi connectivity index (χ4v) is 2.74. The van der Waals surface area contributed by atoms with Crippen molar-refractivity contribution in [3.05, 3.63) is 39.8 Å². The summed E-state index contributed by atoms with van der Waals surface area (Å²) in [7, 11) is 0. The average molecular weight is 340 g/mol. The first-order valence-corrected chi connectivity index (χ1v) is 7.76. The van der Waals surface area contributed by atoms with Crippen LogP contribution < -0.4 is 0 Å².